The molecule has 0 saturated carbocycles. The molecule has 0 bridgehead atoms. The molecule has 2 amide bonds. The summed E-state index contributed by atoms with van der Waals surface area (Å²) in [4.78, 5) is 23.9. The van der Waals surface area contributed by atoms with Crippen LogP contribution in [0.2, 0.25) is 10.0 Å². The summed E-state index contributed by atoms with van der Waals surface area (Å²) in [6.45, 7) is 3.11. The minimum Gasteiger partial charge on any atom is -0.444 e. The van der Waals surface area contributed by atoms with Crippen LogP contribution in [0, 0.1) is 25.2 Å². The molecule has 2 aromatic rings. The molecule has 6 nitrogen and oxygen atoms in total. The Morgan fingerprint density at radius 1 is 1.29 bits per heavy atom. The fourth-order valence-electron chi connectivity index (χ4n) is 1.95. The molecule has 0 atom stereocenters. The van der Waals surface area contributed by atoms with Crippen molar-refractivity contribution in [3.8, 4) is 6.07 Å². The molecule has 0 aliphatic carbocycles. The van der Waals surface area contributed by atoms with Crippen molar-refractivity contribution in [3.05, 3.63) is 50.7 Å². The number of rotatable bonds is 4. The van der Waals surface area contributed by atoms with Gasteiger partial charge in [-0.15, -0.1) is 0 Å². The molecule has 0 saturated heterocycles. The molecule has 0 aliphatic heterocycles. The van der Waals surface area contributed by atoms with Gasteiger partial charge in [-0.05, 0) is 32.0 Å². The van der Waals surface area contributed by atoms with Crippen LogP contribution in [0.25, 0.3) is 0 Å². The molecule has 2 N–H and O–H groups in total. The molecule has 0 radical (unpaired) electrons. The van der Waals surface area contributed by atoms with Crippen molar-refractivity contribution in [2.45, 2.75) is 13.8 Å². The van der Waals surface area contributed by atoms with Gasteiger partial charge in [0.2, 0.25) is 11.8 Å². The number of halogens is 2. The number of nitrogens with one attached hydrogen (secondary N) is 2. The maximum Gasteiger partial charge on any atom is 0.253 e. The predicted molar refractivity (Wildman–Crippen MR) is 90.3 cm³/mol. The first-order valence-corrected chi connectivity index (χ1v) is 7.62. The largest absolute Gasteiger partial charge is 0.444 e. The third kappa shape index (κ3) is 3.88. The van der Waals surface area contributed by atoms with Crippen molar-refractivity contribution in [1.29, 1.82) is 5.26 Å². The number of hydrogen-bond acceptors (Lipinski definition) is 4. The Morgan fingerprint density at radius 3 is 2.62 bits per heavy atom. The lowest BCUT2D eigenvalue weighted by molar-refractivity contribution is -0.115. The first-order valence-electron chi connectivity index (χ1n) is 6.86. The normalized spacial score (nSPS) is 10.1. The van der Waals surface area contributed by atoms with Crippen LogP contribution in [0.15, 0.2) is 22.6 Å². The number of carbonyl (C=O) groups is 2. The highest BCUT2D eigenvalue weighted by atomic mass is 35.5. The number of nitriles is 1. The van der Waals surface area contributed by atoms with E-state index in [9.17, 15) is 9.59 Å². The van der Waals surface area contributed by atoms with Gasteiger partial charge >= 0.3 is 0 Å². The number of benzene rings is 1. The maximum atomic E-state index is 12.0. The van der Waals surface area contributed by atoms with E-state index in [1.54, 1.807) is 13.8 Å². The molecule has 124 valence electrons. The zero-order chi connectivity index (χ0) is 17.9. The number of hydrogen-bond donors (Lipinski definition) is 2. The van der Waals surface area contributed by atoms with E-state index in [4.69, 9.17) is 32.9 Å². The van der Waals surface area contributed by atoms with Crippen LogP contribution >= 0.6 is 23.2 Å². The first kappa shape index (κ1) is 17.9. The Morgan fingerprint density at radius 2 is 2.00 bits per heavy atom. The van der Waals surface area contributed by atoms with Gasteiger partial charge in [-0.1, -0.05) is 23.2 Å². The SMILES string of the molecule is Cc1oc(NC(=O)CNC(=O)c2ccc(Cl)cc2Cl)c(C#N)c1C. The van der Waals surface area contributed by atoms with Crippen molar-refractivity contribution < 1.29 is 14.0 Å². The van der Waals surface area contributed by atoms with Gasteiger partial charge in [-0.25, -0.2) is 0 Å². The summed E-state index contributed by atoms with van der Waals surface area (Å²) in [6, 6.07) is 6.39. The van der Waals surface area contributed by atoms with E-state index in [1.165, 1.54) is 18.2 Å². The molecule has 1 heterocycles. The highest BCUT2D eigenvalue weighted by molar-refractivity contribution is 6.36. The monoisotopic (exact) mass is 365 g/mol. The van der Waals surface area contributed by atoms with Gasteiger partial charge in [0.05, 0.1) is 17.1 Å². The number of aryl methyl sites for hydroxylation is 1. The average Bonchev–Trinajstić information content (AvgIpc) is 2.78. The van der Waals surface area contributed by atoms with Crippen molar-refractivity contribution in [2.75, 3.05) is 11.9 Å². The topological polar surface area (TPSA) is 95.1 Å². The third-order valence-electron chi connectivity index (χ3n) is 3.34. The zero-order valence-corrected chi connectivity index (χ0v) is 14.4. The average molecular weight is 366 g/mol. The number of anilines is 1. The van der Waals surface area contributed by atoms with Gasteiger partial charge in [-0.3, -0.25) is 14.9 Å². The van der Waals surface area contributed by atoms with Crippen molar-refractivity contribution in [2.24, 2.45) is 0 Å². The van der Waals surface area contributed by atoms with E-state index < -0.39 is 11.8 Å². The molecule has 0 aliphatic rings. The van der Waals surface area contributed by atoms with Gasteiger partial charge < -0.3 is 9.73 Å². The number of furan rings is 1. The van der Waals surface area contributed by atoms with Crippen LogP contribution in [0.1, 0.15) is 27.2 Å². The van der Waals surface area contributed by atoms with Crippen molar-refractivity contribution >= 4 is 40.9 Å². The molecule has 8 heteroatoms. The fourth-order valence-corrected chi connectivity index (χ4v) is 2.44. The second-order valence-electron chi connectivity index (χ2n) is 4.95. The Labute approximate surface area is 148 Å². The Balaban J connectivity index is 2.00. The summed E-state index contributed by atoms with van der Waals surface area (Å²) in [6.07, 6.45) is 0. The predicted octanol–water partition coefficient (Wildman–Crippen LogP) is 3.44. The number of nitrogens with zero attached hydrogens (tertiary/aromatic N) is 1. The van der Waals surface area contributed by atoms with E-state index in [2.05, 4.69) is 10.6 Å². The van der Waals surface area contributed by atoms with E-state index >= 15 is 0 Å². The lowest BCUT2D eigenvalue weighted by Crippen LogP contribution is -2.33. The van der Waals surface area contributed by atoms with Crippen LogP contribution in [0.4, 0.5) is 5.88 Å². The third-order valence-corrected chi connectivity index (χ3v) is 3.88. The Bertz CT molecular complexity index is 853. The minimum absolute atomic E-state index is 0.0660. The van der Waals surface area contributed by atoms with E-state index in [-0.39, 0.29) is 28.6 Å². The smallest absolute Gasteiger partial charge is 0.253 e. The zero-order valence-electron chi connectivity index (χ0n) is 12.9. The summed E-state index contributed by atoms with van der Waals surface area (Å²) >= 11 is 11.7. The minimum atomic E-state index is -0.529. The highest BCUT2D eigenvalue weighted by Gasteiger charge is 2.17. The van der Waals surface area contributed by atoms with Gasteiger partial charge in [0.15, 0.2) is 0 Å². The summed E-state index contributed by atoms with van der Waals surface area (Å²) in [5.74, 6) is -0.437. The number of amides is 2. The van der Waals surface area contributed by atoms with Gasteiger partial charge in [0.25, 0.3) is 5.91 Å². The lowest BCUT2D eigenvalue weighted by Gasteiger charge is -2.07. The molecular weight excluding hydrogens is 353 g/mol. The Hall–Kier alpha value is -2.49. The number of carbonyl (C=O) groups excluding carboxylic acids is 2. The van der Waals surface area contributed by atoms with Crippen LogP contribution in [0.3, 0.4) is 0 Å². The summed E-state index contributed by atoms with van der Waals surface area (Å²) in [7, 11) is 0. The van der Waals surface area contributed by atoms with Gasteiger partial charge in [0.1, 0.15) is 17.4 Å². The Kier molecular flexibility index (Phi) is 5.50. The second-order valence-corrected chi connectivity index (χ2v) is 5.80. The molecule has 2 rings (SSSR count). The summed E-state index contributed by atoms with van der Waals surface area (Å²) in [5, 5.41) is 14.6. The standard InChI is InChI=1S/C16H13Cl2N3O3/c1-8-9(2)24-16(12(8)6-19)21-14(22)7-20-15(23)11-4-3-10(17)5-13(11)18/h3-5H,7H2,1-2H3,(H,20,23)(H,21,22). The van der Waals surface area contributed by atoms with E-state index in [0.717, 1.165) is 0 Å². The van der Waals surface area contributed by atoms with Gasteiger partial charge in [0, 0.05) is 10.6 Å². The molecule has 1 aromatic heterocycles. The van der Waals surface area contributed by atoms with E-state index in [0.29, 0.717) is 16.3 Å². The second kappa shape index (κ2) is 7.39. The van der Waals surface area contributed by atoms with Crippen molar-refractivity contribution in [1.82, 2.24) is 5.32 Å². The van der Waals surface area contributed by atoms with Crippen LogP contribution < -0.4 is 10.6 Å². The molecule has 1 aromatic carbocycles. The summed E-state index contributed by atoms with van der Waals surface area (Å²) < 4.78 is 5.33. The van der Waals surface area contributed by atoms with Crippen molar-refractivity contribution in [3.63, 3.8) is 0 Å². The van der Waals surface area contributed by atoms with Crippen LogP contribution in [-0.4, -0.2) is 18.4 Å². The van der Waals surface area contributed by atoms with E-state index in [1.807, 2.05) is 6.07 Å². The quantitative estimate of drug-likeness (QED) is 0.867. The first-order chi connectivity index (χ1) is 11.3. The van der Waals surface area contributed by atoms with Crippen LogP contribution in [-0.2, 0) is 4.79 Å². The highest BCUT2D eigenvalue weighted by Crippen LogP contribution is 2.25. The molecule has 0 spiro atoms. The molecule has 24 heavy (non-hydrogen) atoms. The lowest BCUT2D eigenvalue weighted by atomic mass is 10.2. The van der Waals surface area contributed by atoms with Gasteiger partial charge in [-0.2, -0.15) is 5.26 Å². The summed E-state index contributed by atoms with van der Waals surface area (Å²) in [5.41, 5.74) is 1.12. The molecule has 0 fully saturated rings. The molecule has 0 unspecified atom stereocenters. The fraction of sp³-hybridized carbons (Fsp3) is 0.188. The maximum absolute atomic E-state index is 12.0. The molecular formula is C16H13Cl2N3O3. The van der Waals surface area contributed by atoms with Crippen LogP contribution in [0.5, 0.6) is 0 Å².